The van der Waals surface area contributed by atoms with Gasteiger partial charge in [-0.2, -0.15) is 0 Å². The van der Waals surface area contributed by atoms with Crippen LogP contribution in [0.2, 0.25) is 0 Å². The van der Waals surface area contributed by atoms with Crippen LogP contribution in [0.4, 0.5) is 0 Å². The summed E-state index contributed by atoms with van der Waals surface area (Å²) in [6.45, 7) is 5.20. The summed E-state index contributed by atoms with van der Waals surface area (Å²) in [4.78, 5) is 14.7. The summed E-state index contributed by atoms with van der Waals surface area (Å²) >= 11 is 0. The van der Waals surface area contributed by atoms with Crippen LogP contribution in [0.1, 0.15) is 41.9 Å². The minimum absolute atomic E-state index is 0.00304. The van der Waals surface area contributed by atoms with Crippen LogP contribution >= 0.6 is 0 Å². The number of furan rings is 1. The van der Waals surface area contributed by atoms with E-state index in [0.717, 1.165) is 19.4 Å². The number of carbonyl (C=O) groups excluding carboxylic acids is 1. The molecule has 2 bridgehead atoms. The number of hydrogen-bond donors (Lipinski definition) is 1. The summed E-state index contributed by atoms with van der Waals surface area (Å²) in [7, 11) is 0. The number of aromatic hydroxyl groups is 1. The number of nitrogens with zero attached hydrogens (tertiary/aromatic N) is 1. The number of phenolic OH excluding ortho intramolecular Hbond substituents is 1. The molecule has 0 spiro atoms. The van der Waals surface area contributed by atoms with Crippen molar-refractivity contribution < 1.29 is 14.3 Å². The monoisotopic (exact) mass is 311 g/mol. The van der Waals surface area contributed by atoms with Crippen molar-refractivity contribution in [2.45, 2.75) is 38.1 Å². The highest BCUT2D eigenvalue weighted by Gasteiger charge is 2.50. The van der Waals surface area contributed by atoms with Crippen molar-refractivity contribution in [3.05, 3.63) is 53.5 Å². The largest absolute Gasteiger partial charge is 0.508 e. The van der Waals surface area contributed by atoms with Crippen molar-refractivity contribution in [3.8, 4) is 5.75 Å². The van der Waals surface area contributed by atoms with E-state index in [0.29, 0.717) is 17.4 Å². The molecule has 0 saturated carbocycles. The lowest BCUT2D eigenvalue weighted by atomic mass is 9.59. The minimum atomic E-state index is -0.0175. The normalized spacial score (nSPS) is 29.2. The van der Waals surface area contributed by atoms with E-state index in [1.807, 2.05) is 17.0 Å². The van der Waals surface area contributed by atoms with E-state index >= 15 is 0 Å². The van der Waals surface area contributed by atoms with Crippen molar-refractivity contribution in [2.24, 2.45) is 5.92 Å². The van der Waals surface area contributed by atoms with Crippen molar-refractivity contribution in [2.75, 3.05) is 6.54 Å². The Bertz CT molecular complexity index is 752. The van der Waals surface area contributed by atoms with Gasteiger partial charge in [0.25, 0.3) is 5.91 Å². The number of carbonyl (C=O) groups is 1. The van der Waals surface area contributed by atoms with Crippen LogP contribution in [0.5, 0.6) is 5.75 Å². The lowest BCUT2D eigenvalue weighted by Crippen LogP contribution is -2.59. The molecule has 2 aromatic rings. The fourth-order valence-corrected chi connectivity index (χ4v) is 4.40. The molecule has 1 aliphatic heterocycles. The van der Waals surface area contributed by atoms with Crippen LogP contribution in [0, 0.1) is 5.92 Å². The van der Waals surface area contributed by atoms with Crippen LogP contribution in [-0.4, -0.2) is 28.5 Å². The van der Waals surface area contributed by atoms with Gasteiger partial charge in [0, 0.05) is 12.6 Å². The highest BCUT2D eigenvalue weighted by Crippen LogP contribution is 2.49. The van der Waals surface area contributed by atoms with Gasteiger partial charge in [0.15, 0.2) is 5.76 Å². The molecule has 0 unspecified atom stereocenters. The highest BCUT2D eigenvalue weighted by molar-refractivity contribution is 5.92. The molecule has 1 aromatic carbocycles. The Morgan fingerprint density at radius 1 is 1.39 bits per heavy atom. The second-order valence-corrected chi connectivity index (χ2v) is 7.04. The smallest absolute Gasteiger partial charge is 0.289 e. The summed E-state index contributed by atoms with van der Waals surface area (Å²) < 4.78 is 5.31. The van der Waals surface area contributed by atoms with Gasteiger partial charge in [-0.1, -0.05) is 19.9 Å². The van der Waals surface area contributed by atoms with Crippen LogP contribution in [0.3, 0.4) is 0 Å². The Morgan fingerprint density at radius 3 is 2.96 bits per heavy atom. The molecule has 1 N–H and O–H groups in total. The van der Waals surface area contributed by atoms with Gasteiger partial charge in [-0.05, 0) is 59.6 Å². The molecule has 1 aliphatic carbocycles. The number of phenols is 1. The van der Waals surface area contributed by atoms with Crippen LogP contribution in [-0.2, 0) is 11.8 Å². The molecule has 3 atom stereocenters. The van der Waals surface area contributed by atoms with E-state index in [1.54, 1.807) is 24.5 Å². The summed E-state index contributed by atoms with van der Waals surface area (Å²) in [5.41, 5.74) is 2.48. The molecule has 2 aliphatic rings. The van der Waals surface area contributed by atoms with Gasteiger partial charge in [-0.25, -0.2) is 0 Å². The second kappa shape index (κ2) is 4.88. The Kier molecular flexibility index (Phi) is 3.05. The Labute approximate surface area is 135 Å². The quantitative estimate of drug-likeness (QED) is 0.878. The summed E-state index contributed by atoms with van der Waals surface area (Å²) in [5, 5.41) is 9.87. The third-order valence-corrected chi connectivity index (χ3v) is 5.99. The van der Waals surface area contributed by atoms with Crippen LogP contribution < -0.4 is 0 Å². The zero-order chi connectivity index (χ0) is 16.2. The average Bonchev–Trinajstić information content (AvgIpc) is 3.06. The predicted octanol–water partition coefficient (Wildman–Crippen LogP) is 3.35. The number of likely N-dealkylation sites (tertiary alicyclic amines) is 1. The van der Waals surface area contributed by atoms with E-state index < -0.39 is 0 Å². The van der Waals surface area contributed by atoms with Crippen LogP contribution in [0.25, 0.3) is 0 Å². The number of hydrogen-bond acceptors (Lipinski definition) is 3. The van der Waals surface area contributed by atoms with Crippen molar-refractivity contribution in [1.29, 1.82) is 0 Å². The molecular weight excluding hydrogens is 290 g/mol. The zero-order valence-corrected chi connectivity index (χ0v) is 13.5. The molecule has 2 heterocycles. The molecule has 4 nitrogen and oxygen atoms in total. The molecule has 0 radical (unpaired) electrons. The Morgan fingerprint density at radius 2 is 2.22 bits per heavy atom. The maximum atomic E-state index is 12.8. The first-order valence-electron chi connectivity index (χ1n) is 8.17. The maximum absolute atomic E-state index is 12.8. The third kappa shape index (κ3) is 2.01. The summed E-state index contributed by atoms with van der Waals surface area (Å²) in [5.74, 6) is 1.06. The van der Waals surface area contributed by atoms with E-state index in [9.17, 15) is 9.90 Å². The molecule has 120 valence electrons. The second-order valence-electron chi connectivity index (χ2n) is 7.04. The van der Waals surface area contributed by atoms with Crippen molar-refractivity contribution in [1.82, 2.24) is 4.90 Å². The van der Waals surface area contributed by atoms with Gasteiger partial charge < -0.3 is 14.4 Å². The van der Waals surface area contributed by atoms with Gasteiger partial charge >= 0.3 is 0 Å². The van der Waals surface area contributed by atoms with Crippen molar-refractivity contribution >= 4 is 5.91 Å². The number of amides is 1. The number of fused-ring (bicyclic) bond motifs is 4. The molecule has 1 aromatic heterocycles. The first-order valence-corrected chi connectivity index (χ1v) is 8.17. The first kappa shape index (κ1) is 14.4. The van der Waals surface area contributed by atoms with Crippen LogP contribution in [0.15, 0.2) is 41.0 Å². The molecular formula is C19H21NO3. The standard InChI is InChI=1S/C19H21NO3/c1-12-16-10-13-5-6-14(21)11-15(13)19(12,2)7-8-20(16)18(22)17-4-3-9-23-17/h3-6,9,11-12,16,21H,7-8,10H2,1-2H3/t12-,16+,19+/m0/s1. The van der Waals surface area contributed by atoms with E-state index in [2.05, 4.69) is 13.8 Å². The number of piperidine rings is 1. The summed E-state index contributed by atoms with van der Waals surface area (Å²) in [6, 6.07) is 9.31. The summed E-state index contributed by atoms with van der Waals surface area (Å²) in [6.07, 6.45) is 3.27. The van der Waals surface area contributed by atoms with E-state index in [4.69, 9.17) is 4.42 Å². The zero-order valence-electron chi connectivity index (χ0n) is 13.5. The van der Waals surface area contributed by atoms with Gasteiger partial charge in [0.05, 0.1) is 6.26 Å². The Balaban J connectivity index is 1.74. The SMILES string of the molecule is C[C@H]1[C@H]2Cc3ccc(O)cc3[C@]1(C)CCN2C(=O)c1ccco1. The topological polar surface area (TPSA) is 53.7 Å². The van der Waals surface area contributed by atoms with Crippen molar-refractivity contribution in [3.63, 3.8) is 0 Å². The minimum Gasteiger partial charge on any atom is -0.508 e. The molecule has 1 amide bonds. The predicted molar refractivity (Wildman–Crippen MR) is 86.5 cm³/mol. The molecule has 4 rings (SSSR count). The number of rotatable bonds is 1. The van der Waals surface area contributed by atoms with Gasteiger partial charge in [0.1, 0.15) is 5.75 Å². The number of benzene rings is 1. The highest BCUT2D eigenvalue weighted by atomic mass is 16.3. The molecule has 4 heteroatoms. The van der Waals surface area contributed by atoms with Gasteiger partial charge in [-0.3, -0.25) is 4.79 Å². The lowest BCUT2D eigenvalue weighted by molar-refractivity contribution is 0.0225. The molecule has 23 heavy (non-hydrogen) atoms. The fourth-order valence-electron chi connectivity index (χ4n) is 4.40. The van der Waals surface area contributed by atoms with E-state index in [-0.39, 0.29) is 17.4 Å². The molecule has 1 saturated heterocycles. The fraction of sp³-hybridized carbons (Fsp3) is 0.421. The lowest BCUT2D eigenvalue weighted by Gasteiger charge is -2.54. The first-order chi connectivity index (χ1) is 11.0. The Hall–Kier alpha value is -2.23. The van der Waals surface area contributed by atoms with E-state index in [1.165, 1.54) is 11.1 Å². The third-order valence-electron chi connectivity index (χ3n) is 5.99. The average molecular weight is 311 g/mol. The maximum Gasteiger partial charge on any atom is 0.289 e. The van der Waals surface area contributed by atoms with Gasteiger partial charge in [0.2, 0.25) is 0 Å². The molecule has 1 fully saturated rings. The van der Waals surface area contributed by atoms with Gasteiger partial charge in [-0.15, -0.1) is 0 Å².